The van der Waals surface area contributed by atoms with Crippen LogP contribution in [0.15, 0.2) is 33.9 Å². The summed E-state index contributed by atoms with van der Waals surface area (Å²) in [5.74, 6) is -2.71. The first-order valence-corrected chi connectivity index (χ1v) is 15.0. The Kier molecular flexibility index (Phi) is 17.2. The summed E-state index contributed by atoms with van der Waals surface area (Å²) in [6, 6.07) is 5.04. The van der Waals surface area contributed by atoms with Crippen molar-refractivity contribution >= 4 is 34.8 Å². The van der Waals surface area contributed by atoms with E-state index in [9.17, 15) is 33.9 Å². The molecule has 0 saturated carbocycles. The lowest BCUT2D eigenvalue weighted by Gasteiger charge is -2.23. The van der Waals surface area contributed by atoms with Crippen LogP contribution in [0, 0.1) is 5.92 Å². The quantitative estimate of drug-likeness (QED) is 0.0652. The first-order valence-electron chi connectivity index (χ1n) is 15.0. The predicted molar refractivity (Wildman–Crippen MR) is 169 cm³/mol. The Morgan fingerprint density at radius 2 is 1.39 bits per heavy atom. The number of phenolic OH excluding ortho intramolecular Hbond substituents is 1. The maximum Gasteiger partial charge on any atom is 0.253 e. The minimum Gasteiger partial charge on any atom is -0.508 e. The first-order chi connectivity index (χ1) is 22.1. The Morgan fingerprint density at radius 1 is 0.826 bits per heavy atom. The molecule has 0 aliphatic carbocycles. The summed E-state index contributed by atoms with van der Waals surface area (Å²) in [7, 11) is 1.38. The van der Waals surface area contributed by atoms with E-state index < -0.39 is 40.4 Å². The lowest BCUT2D eigenvalue weighted by Crippen LogP contribution is -2.44. The molecular formula is C31H44N4O11. The summed E-state index contributed by atoms with van der Waals surface area (Å²) in [5, 5.41) is 17.8. The molecule has 2 atom stereocenters. The van der Waals surface area contributed by atoms with Crippen LogP contribution in [0.5, 0.6) is 5.75 Å². The normalized spacial score (nSPS) is 12.4. The Morgan fingerprint density at radius 3 is 1.96 bits per heavy atom. The van der Waals surface area contributed by atoms with Crippen molar-refractivity contribution in [2.45, 2.75) is 38.6 Å². The summed E-state index contributed by atoms with van der Waals surface area (Å²) in [4.78, 5) is 73.1. The fraction of sp³-hybridized carbons (Fsp3) is 0.548. The van der Waals surface area contributed by atoms with Gasteiger partial charge < -0.3 is 45.7 Å². The van der Waals surface area contributed by atoms with Gasteiger partial charge in [-0.05, 0) is 24.1 Å². The van der Waals surface area contributed by atoms with Crippen LogP contribution in [0.25, 0.3) is 0 Å². The van der Waals surface area contributed by atoms with E-state index in [1.807, 2.05) is 0 Å². The zero-order valence-electron chi connectivity index (χ0n) is 26.3. The highest BCUT2D eigenvalue weighted by atomic mass is 16.6. The number of amides is 2. The minimum absolute atomic E-state index is 0.00790. The van der Waals surface area contributed by atoms with Gasteiger partial charge in [0.1, 0.15) is 23.7 Å². The lowest BCUT2D eigenvalue weighted by atomic mass is 9.91. The van der Waals surface area contributed by atoms with E-state index in [0.717, 1.165) is 0 Å². The van der Waals surface area contributed by atoms with Crippen molar-refractivity contribution in [1.82, 2.24) is 5.32 Å². The largest absolute Gasteiger partial charge is 0.508 e. The Hall–Kier alpha value is -4.18. The van der Waals surface area contributed by atoms with Gasteiger partial charge in [0.2, 0.25) is 11.8 Å². The van der Waals surface area contributed by atoms with E-state index >= 15 is 0 Å². The topological polar surface area (TPSA) is 222 Å². The molecule has 0 heterocycles. The van der Waals surface area contributed by atoms with Crippen molar-refractivity contribution in [1.29, 1.82) is 0 Å². The maximum absolute atomic E-state index is 13.4. The number of carbonyl (C=O) groups excluding carboxylic acids is 4. The SMILES string of the molecule is CCC(=O)COCCOCCOCCOCCNc1c(N[C@H](Cc2ccc(O)cc2)C(=O)C[C@@H](CC(N)=O)C(=O)NC)c(=O)c1=O. The number of rotatable bonds is 26. The number of primary amides is 1. The molecule has 0 aliphatic heterocycles. The van der Waals surface area contributed by atoms with Crippen molar-refractivity contribution in [3.8, 4) is 5.75 Å². The standard InChI is InChI=1S/C31H44N4O11/c1-3-22(36)19-46-15-14-45-13-12-44-11-10-43-9-8-34-27-28(30(41)29(27)40)35-24(16-20-4-6-23(37)7-5-20)25(38)17-21(18-26(32)39)31(42)33-2/h4-7,21,24,34-35,37H,3,8-19H2,1-2H3,(H2,32,39)(H,33,42)/t21-,24+/m0/s1. The van der Waals surface area contributed by atoms with Crippen LogP contribution < -0.4 is 32.5 Å². The summed E-state index contributed by atoms with van der Waals surface area (Å²) in [6.07, 6.45) is -0.177. The van der Waals surface area contributed by atoms with Crippen LogP contribution >= 0.6 is 0 Å². The van der Waals surface area contributed by atoms with Crippen molar-refractivity contribution in [3.63, 3.8) is 0 Å². The van der Waals surface area contributed by atoms with Gasteiger partial charge in [0.25, 0.3) is 10.9 Å². The van der Waals surface area contributed by atoms with E-state index in [-0.39, 0.29) is 68.5 Å². The second-order valence-electron chi connectivity index (χ2n) is 10.3. The molecule has 2 amide bonds. The number of carbonyl (C=O) groups is 4. The van der Waals surface area contributed by atoms with Gasteiger partial charge in [0, 0.05) is 32.9 Å². The maximum atomic E-state index is 13.4. The number of ketones is 2. The molecule has 6 N–H and O–H groups in total. The van der Waals surface area contributed by atoms with E-state index in [0.29, 0.717) is 45.0 Å². The fourth-order valence-electron chi connectivity index (χ4n) is 4.27. The van der Waals surface area contributed by atoms with Gasteiger partial charge in [-0.1, -0.05) is 19.1 Å². The van der Waals surface area contributed by atoms with Gasteiger partial charge in [-0.2, -0.15) is 0 Å². The number of phenols is 1. The highest BCUT2D eigenvalue weighted by Gasteiger charge is 2.30. The molecule has 254 valence electrons. The van der Waals surface area contributed by atoms with Gasteiger partial charge >= 0.3 is 0 Å². The van der Waals surface area contributed by atoms with Gasteiger partial charge in [-0.15, -0.1) is 0 Å². The van der Waals surface area contributed by atoms with Crippen LogP contribution in [-0.2, 0) is 44.5 Å². The minimum atomic E-state index is -1.04. The fourth-order valence-corrected chi connectivity index (χ4v) is 4.27. The molecule has 0 fully saturated rings. The number of nitrogens with two attached hydrogens (primary N) is 1. The summed E-state index contributed by atoms with van der Waals surface area (Å²) >= 11 is 0. The number of anilines is 2. The predicted octanol–water partition coefficient (Wildman–Crippen LogP) is -0.334. The average molecular weight is 649 g/mol. The number of benzene rings is 1. The molecular weight excluding hydrogens is 604 g/mol. The first kappa shape index (κ1) is 38.0. The van der Waals surface area contributed by atoms with Crippen LogP contribution in [0.1, 0.15) is 31.7 Å². The molecule has 0 radical (unpaired) electrons. The highest BCUT2D eigenvalue weighted by molar-refractivity contribution is 5.94. The molecule has 0 aromatic heterocycles. The lowest BCUT2D eigenvalue weighted by molar-refractivity contribution is -0.132. The Balaban J connectivity index is 1.85. The molecule has 15 nitrogen and oxygen atoms in total. The molecule has 0 saturated heterocycles. The van der Waals surface area contributed by atoms with Gasteiger partial charge in [0.15, 0.2) is 11.6 Å². The molecule has 0 spiro atoms. The third kappa shape index (κ3) is 13.4. The molecule has 0 aliphatic rings. The van der Waals surface area contributed by atoms with E-state index in [2.05, 4.69) is 16.0 Å². The molecule has 0 unspecified atom stereocenters. The molecule has 2 aromatic rings. The number of aromatic hydroxyl groups is 1. The summed E-state index contributed by atoms with van der Waals surface area (Å²) in [6.45, 7) is 4.24. The van der Waals surface area contributed by atoms with Crippen LogP contribution in [0.2, 0.25) is 0 Å². The van der Waals surface area contributed by atoms with Crippen LogP contribution in [-0.4, -0.2) is 101 Å². The Labute approximate surface area is 266 Å². The number of nitrogens with one attached hydrogen (secondary N) is 3. The Bertz CT molecular complexity index is 1340. The monoisotopic (exact) mass is 648 g/mol. The second kappa shape index (κ2) is 20.8. The van der Waals surface area contributed by atoms with E-state index in [1.54, 1.807) is 19.1 Å². The number of hydrogen-bond donors (Lipinski definition) is 5. The third-order valence-corrected chi connectivity index (χ3v) is 6.83. The zero-order valence-corrected chi connectivity index (χ0v) is 26.3. The summed E-state index contributed by atoms with van der Waals surface area (Å²) < 4.78 is 21.4. The molecule has 2 aromatic carbocycles. The molecule has 2 rings (SSSR count). The molecule has 46 heavy (non-hydrogen) atoms. The smallest absolute Gasteiger partial charge is 0.253 e. The number of ether oxygens (including phenoxy) is 4. The summed E-state index contributed by atoms with van der Waals surface area (Å²) in [5.41, 5.74) is 4.30. The highest BCUT2D eigenvalue weighted by Crippen LogP contribution is 2.21. The van der Waals surface area contributed by atoms with Crippen molar-refractivity contribution in [2.75, 3.05) is 77.1 Å². The van der Waals surface area contributed by atoms with Gasteiger partial charge in [0.05, 0.1) is 58.2 Å². The second-order valence-corrected chi connectivity index (χ2v) is 10.3. The van der Waals surface area contributed by atoms with E-state index in [4.69, 9.17) is 24.7 Å². The van der Waals surface area contributed by atoms with Gasteiger partial charge in [-0.3, -0.25) is 28.8 Å². The van der Waals surface area contributed by atoms with Crippen LogP contribution in [0.3, 0.4) is 0 Å². The molecule has 0 bridgehead atoms. The number of hydrogen-bond acceptors (Lipinski definition) is 13. The van der Waals surface area contributed by atoms with E-state index in [1.165, 1.54) is 19.2 Å². The average Bonchev–Trinajstić information content (AvgIpc) is 3.04. The van der Waals surface area contributed by atoms with Gasteiger partial charge in [-0.25, -0.2) is 0 Å². The molecule has 15 heteroatoms. The zero-order chi connectivity index (χ0) is 33.9. The van der Waals surface area contributed by atoms with Crippen molar-refractivity contribution in [3.05, 3.63) is 50.3 Å². The van der Waals surface area contributed by atoms with Crippen molar-refractivity contribution < 1.29 is 43.2 Å². The van der Waals surface area contributed by atoms with Crippen molar-refractivity contribution in [2.24, 2.45) is 11.7 Å². The number of Topliss-reactive ketones (excluding diaryl/α,β-unsaturated/α-hetero) is 2. The third-order valence-electron chi connectivity index (χ3n) is 6.83. The van der Waals surface area contributed by atoms with Crippen LogP contribution in [0.4, 0.5) is 11.4 Å².